The van der Waals surface area contributed by atoms with Crippen molar-refractivity contribution in [3.8, 4) is 5.75 Å². The first-order valence-corrected chi connectivity index (χ1v) is 7.48. The van der Waals surface area contributed by atoms with Crippen LogP contribution in [0.5, 0.6) is 5.75 Å². The standard InChI is InChI=1S/C18H20N2O4/c1-13-17(18(23)19-2)9-15(12-22)11-20(13)10-14-4-3-5-16(8-14)24-7-6-21/h3-5,8-9,11-12,21H,1,6-7,10H2,2H3,(H,19,23). The van der Waals surface area contributed by atoms with Crippen molar-refractivity contribution in [3.05, 3.63) is 65.5 Å². The Labute approximate surface area is 140 Å². The molecule has 0 atom stereocenters. The minimum absolute atomic E-state index is 0.0567. The Bertz CT molecular complexity index is 707. The topological polar surface area (TPSA) is 78.9 Å². The average molecular weight is 328 g/mol. The van der Waals surface area contributed by atoms with Gasteiger partial charge in [-0.1, -0.05) is 18.7 Å². The molecular formula is C18H20N2O4. The first-order valence-electron chi connectivity index (χ1n) is 7.48. The summed E-state index contributed by atoms with van der Waals surface area (Å²) in [5.74, 6) is 0.350. The number of aldehydes is 1. The molecule has 1 heterocycles. The fourth-order valence-electron chi connectivity index (χ4n) is 2.33. The number of rotatable bonds is 7. The van der Waals surface area contributed by atoms with Crippen molar-refractivity contribution in [2.45, 2.75) is 6.54 Å². The molecule has 126 valence electrons. The lowest BCUT2D eigenvalue weighted by Crippen LogP contribution is -2.29. The number of benzene rings is 1. The number of nitrogens with zero attached hydrogens (tertiary/aromatic N) is 1. The van der Waals surface area contributed by atoms with E-state index in [4.69, 9.17) is 9.84 Å². The number of carbonyl (C=O) groups is 2. The molecule has 1 amide bonds. The highest BCUT2D eigenvalue weighted by atomic mass is 16.5. The van der Waals surface area contributed by atoms with Crippen LogP contribution in [0.3, 0.4) is 0 Å². The molecule has 1 aliphatic heterocycles. The highest BCUT2D eigenvalue weighted by Gasteiger charge is 2.21. The molecule has 0 aromatic heterocycles. The Morgan fingerprint density at radius 3 is 2.92 bits per heavy atom. The van der Waals surface area contributed by atoms with Crippen molar-refractivity contribution in [2.75, 3.05) is 20.3 Å². The van der Waals surface area contributed by atoms with Gasteiger partial charge in [-0.25, -0.2) is 0 Å². The second kappa shape index (κ2) is 8.12. The number of aliphatic hydroxyl groups excluding tert-OH is 1. The maximum Gasteiger partial charge on any atom is 0.253 e. The van der Waals surface area contributed by atoms with E-state index in [-0.39, 0.29) is 19.1 Å². The van der Waals surface area contributed by atoms with E-state index < -0.39 is 0 Å². The van der Waals surface area contributed by atoms with Crippen molar-refractivity contribution < 1.29 is 19.4 Å². The summed E-state index contributed by atoms with van der Waals surface area (Å²) in [4.78, 5) is 24.9. The van der Waals surface area contributed by atoms with Crippen molar-refractivity contribution in [1.29, 1.82) is 0 Å². The van der Waals surface area contributed by atoms with Crippen LogP contribution >= 0.6 is 0 Å². The summed E-state index contributed by atoms with van der Waals surface area (Å²) in [5, 5.41) is 11.4. The van der Waals surface area contributed by atoms with E-state index in [1.807, 2.05) is 18.2 Å². The van der Waals surface area contributed by atoms with Gasteiger partial charge in [-0.05, 0) is 23.8 Å². The smallest absolute Gasteiger partial charge is 0.253 e. The van der Waals surface area contributed by atoms with Crippen LogP contribution in [-0.2, 0) is 16.1 Å². The third-order valence-electron chi connectivity index (χ3n) is 3.49. The second-order valence-electron chi connectivity index (χ2n) is 5.18. The zero-order valence-electron chi connectivity index (χ0n) is 13.5. The molecule has 0 aliphatic carbocycles. The molecule has 2 N–H and O–H groups in total. The van der Waals surface area contributed by atoms with E-state index in [9.17, 15) is 9.59 Å². The van der Waals surface area contributed by atoms with Gasteiger partial charge in [-0.3, -0.25) is 9.59 Å². The molecule has 0 saturated carbocycles. The molecule has 1 aliphatic rings. The minimum atomic E-state index is -0.294. The van der Waals surface area contributed by atoms with Crippen molar-refractivity contribution in [1.82, 2.24) is 10.2 Å². The molecule has 1 aromatic rings. The lowest BCUT2D eigenvalue weighted by molar-refractivity contribution is -0.116. The quantitative estimate of drug-likeness (QED) is 0.734. The van der Waals surface area contributed by atoms with E-state index in [1.165, 1.54) is 13.1 Å². The van der Waals surface area contributed by atoms with Crippen LogP contribution in [0.1, 0.15) is 5.56 Å². The lowest BCUT2D eigenvalue weighted by Gasteiger charge is -2.28. The van der Waals surface area contributed by atoms with E-state index in [0.29, 0.717) is 35.4 Å². The number of allylic oxidation sites excluding steroid dienone is 2. The van der Waals surface area contributed by atoms with Gasteiger partial charge in [-0.2, -0.15) is 0 Å². The van der Waals surface area contributed by atoms with Crippen LogP contribution in [0.2, 0.25) is 0 Å². The van der Waals surface area contributed by atoms with Gasteiger partial charge >= 0.3 is 0 Å². The number of carbonyl (C=O) groups excluding carboxylic acids is 2. The predicted octanol–water partition coefficient (Wildman–Crippen LogP) is 1.14. The van der Waals surface area contributed by atoms with Gasteiger partial charge in [0.1, 0.15) is 12.4 Å². The van der Waals surface area contributed by atoms with E-state index in [1.54, 1.807) is 17.2 Å². The Morgan fingerprint density at radius 2 is 2.25 bits per heavy atom. The Morgan fingerprint density at radius 1 is 1.46 bits per heavy atom. The van der Waals surface area contributed by atoms with Crippen LogP contribution in [-0.4, -0.2) is 42.5 Å². The summed E-state index contributed by atoms with van der Waals surface area (Å²) in [6.07, 6.45) is 3.87. The third kappa shape index (κ3) is 4.11. The summed E-state index contributed by atoms with van der Waals surface area (Å²) < 4.78 is 5.39. The third-order valence-corrected chi connectivity index (χ3v) is 3.49. The molecule has 0 spiro atoms. The fourth-order valence-corrected chi connectivity index (χ4v) is 2.33. The second-order valence-corrected chi connectivity index (χ2v) is 5.18. The maximum atomic E-state index is 12.0. The highest BCUT2D eigenvalue weighted by Crippen LogP contribution is 2.25. The van der Waals surface area contributed by atoms with Crippen LogP contribution < -0.4 is 10.1 Å². The zero-order valence-corrected chi connectivity index (χ0v) is 13.5. The molecule has 1 aromatic carbocycles. The van der Waals surface area contributed by atoms with Gasteiger partial charge in [0.15, 0.2) is 6.29 Å². The molecule has 0 radical (unpaired) electrons. The molecule has 6 nitrogen and oxygen atoms in total. The number of aliphatic hydroxyl groups is 1. The average Bonchev–Trinajstić information content (AvgIpc) is 2.61. The molecule has 0 bridgehead atoms. The summed E-state index contributed by atoms with van der Waals surface area (Å²) in [7, 11) is 1.53. The molecule has 6 heteroatoms. The van der Waals surface area contributed by atoms with Crippen LogP contribution in [0, 0.1) is 0 Å². The summed E-state index contributed by atoms with van der Waals surface area (Å²) in [5.41, 5.74) is 2.19. The van der Waals surface area contributed by atoms with Gasteiger partial charge < -0.3 is 20.1 Å². The van der Waals surface area contributed by atoms with Gasteiger partial charge in [0.2, 0.25) is 0 Å². The summed E-state index contributed by atoms with van der Waals surface area (Å²) >= 11 is 0. The van der Waals surface area contributed by atoms with Gasteiger partial charge in [-0.15, -0.1) is 0 Å². The Balaban J connectivity index is 2.21. The van der Waals surface area contributed by atoms with Crippen molar-refractivity contribution in [3.63, 3.8) is 0 Å². The molecule has 24 heavy (non-hydrogen) atoms. The number of amides is 1. The Kier molecular flexibility index (Phi) is 5.92. The van der Waals surface area contributed by atoms with E-state index in [0.717, 1.165) is 5.56 Å². The fraction of sp³-hybridized carbons (Fsp3) is 0.222. The van der Waals surface area contributed by atoms with Crippen LogP contribution in [0.15, 0.2) is 60.0 Å². The molecular weight excluding hydrogens is 308 g/mol. The van der Waals surface area contributed by atoms with Crippen LogP contribution in [0.25, 0.3) is 0 Å². The predicted molar refractivity (Wildman–Crippen MR) is 90.0 cm³/mol. The largest absolute Gasteiger partial charge is 0.491 e. The first kappa shape index (κ1) is 17.5. The normalized spacial score (nSPS) is 13.9. The summed E-state index contributed by atoms with van der Waals surface area (Å²) in [6, 6.07) is 7.39. The van der Waals surface area contributed by atoms with Crippen molar-refractivity contribution in [2.24, 2.45) is 0 Å². The maximum absolute atomic E-state index is 12.0. The summed E-state index contributed by atoms with van der Waals surface area (Å²) in [6.45, 7) is 4.55. The molecule has 0 unspecified atom stereocenters. The minimum Gasteiger partial charge on any atom is -0.491 e. The molecule has 2 rings (SSSR count). The van der Waals surface area contributed by atoms with E-state index in [2.05, 4.69) is 11.9 Å². The number of hydrogen-bond donors (Lipinski definition) is 2. The number of likely N-dealkylation sites (N-methyl/N-ethyl adjacent to an activating group) is 1. The number of ether oxygens (including phenoxy) is 1. The van der Waals surface area contributed by atoms with Gasteiger partial charge in [0, 0.05) is 31.1 Å². The highest BCUT2D eigenvalue weighted by molar-refractivity contribution is 6.00. The van der Waals surface area contributed by atoms with Gasteiger partial charge in [0.05, 0.1) is 12.2 Å². The zero-order chi connectivity index (χ0) is 17.5. The monoisotopic (exact) mass is 328 g/mol. The number of hydrogen-bond acceptors (Lipinski definition) is 5. The lowest BCUT2D eigenvalue weighted by atomic mass is 10.0. The molecule has 0 saturated heterocycles. The van der Waals surface area contributed by atoms with Crippen molar-refractivity contribution >= 4 is 12.2 Å². The van der Waals surface area contributed by atoms with Gasteiger partial charge in [0.25, 0.3) is 5.91 Å². The van der Waals surface area contributed by atoms with E-state index >= 15 is 0 Å². The number of nitrogens with one attached hydrogen (secondary N) is 1. The first-order chi connectivity index (χ1) is 11.6. The molecule has 0 fully saturated rings. The SMILES string of the molecule is C=C1C(C(=O)NC)=CC(C=O)=CN1Cc1cccc(OCCO)c1. The van der Waals surface area contributed by atoms with Crippen LogP contribution in [0.4, 0.5) is 0 Å². The Hall–Kier alpha value is -2.86.